The van der Waals surface area contributed by atoms with E-state index in [2.05, 4.69) is 23.9 Å². The first-order chi connectivity index (χ1) is 10.0. The van der Waals surface area contributed by atoms with Crippen LogP contribution in [0.4, 0.5) is 0 Å². The van der Waals surface area contributed by atoms with Crippen molar-refractivity contribution in [2.45, 2.75) is 38.0 Å². The van der Waals surface area contributed by atoms with Gasteiger partial charge in [-0.25, -0.2) is 13.1 Å². The molecule has 0 radical (unpaired) electrons. The molecule has 1 aliphatic rings. The van der Waals surface area contributed by atoms with Crippen LogP contribution in [0.1, 0.15) is 32.3 Å². The summed E-state index contributed by atoms with van der Waals surface area (Å²) in [5.41, 5.74) is 1.18. The fourth-order valence-electron chi connectivity index (χ4n) is 2.75. The molecule has 1 aliphatic heterocycles. The van der Waals surface area contributed by atoms with Gasteiger partial charge in [-0.05, 0) is 55.5 Å². The number of rotatable bonds is 6. The van der Waals surface area contributed by atoms with Crippen molar-refractivity contribution in [3.8, 4) is 0 Å². The van der Waals surface area contributed by atoms with Crippen molar-refractivity contribution in [1.82, 2.24) is 10.0 Å². The Balaban J connectivity index is 1.97. The van der Waals surface area contributed by atoms with Crippen molar-refractivity contribution in [3.63, 3.8) is 0 Å². The molecule has 2 unspecified atom stereocenters. The molecule has 1 saturated heterocycles. The average Bonchev–Trinajstić information content (AvgIpc) is 2.47. The Morgan fingerprint density at radius 2 is 2.00 bits per heavy atom. The summed E-state index contributed by atoms with van der Waals surface area (Å²) in [6.45, 7) is 6.74. The lowest BCUT2D eigenvalue weighted by Gasteiger charge is -2.29. The second-order valence-corrected chi connectivity index (χ2v) is 7.74. The minimum absolute atomic E-state index is 0.360. The van der Waals surface area contributed by atoms with Gasteiger partial charge < -0.3 is 5.32 Å². The van der Waals surface area contributed by atoms with Gasteiger partial charge in [0.05, 0.1) is 4.90 Å². The summed E-state index contributed by atoms with van der Waals surface area (Å²) in [4.78, 5) is 0.360. The predicted octanol–water partition coefficient (Wildman–Crippen LogP) is 2.16. The van der Waals surface area contributed by atoms with Crippen molar-refractivity contribution >= 4 is 10.0 Å². The quantitative estimate of drug-likeness (QED) is 0.846. The zero-order chi connectivity index (χ0) is 15.3. The van der Waals surface area contributed by atoms with Crippen LogP contribution in [0.25, 0.3) is 0 Å². The second-order valence-electron chi connectivity index (χ2n) is 5.98. The van der Waals surface area contributed by atoms with Gasteiger partial charge in [-0.2, -0.15) is 0 Å². The third kappa shape index (κ3) is 4.53. The molecule has 1 heterocycles. The Labute approximate surface area is 128 Å². The van der Waals surface area contributed by atoms with Crippen LogP contribution in [0.3, 0.4) is 0 Å². The Morgan fingerprint density at radius 3 is 2.62 bits per heavy atom. The Kier molecular flexibility index (Phi) is 5.79. The molecule has 5 heteroatoms. The lowest BCUT2D eigenvalue weighted by Crippen LogP contribution is -2.42. The molecule has 1 fully saturated rings. The highest BCUT2D eigenvalue weighted by Gasteiger charge is 2.23. The van der Waals surface area contributed by atoms with Crippen molar-refractivity contribution in [3.05, 3.63) is 29.8 Å². The lowest BCUT2D eigenvalue weighted by molar-refractivity contribution is 0.275. The SMILES string of the molecule is CCCc1ccc(S(=O)(=O)NCC2CNCCC2C)cc1. The molecule has 0 spiro atoms. The number of nitrogens with one attached hydrogen (secondary N) is 2. The number of sulfonamides is 1. The standard InChI is InChI=1S/C16H26N2O2S/c1-3-4-14-5-7-16(8-6-14)21(19,20)18-12-15-11-17-10-9-13(15)2/h5-8,13,15,17-18H,3-4,9-12H2,1-2H3. The van der Waals surface area contributed by atoms with Gasteiger partial charge in [0.25, 0.3) is 0 Å². The molecule has 21 heavy (non-hydrogen) atoms. The lowest BCUT2D eigenvalue weighted by atomic mass is 9.88. The van der Waals surface area contributed by atoms with Crippen molar-refractivity contribution < 1.29 is 8.42 Å². The van der Waals surface area contributed by atoms with Crippen LogP contribution in [-0.2, 0) is 16.4 Å². The van der Waals surface area contributed by atoms with Gasteiger partial charge in [-0.1, -0.05) is 32.4 Å². The Hall–Kier alpha value is -0.910. The van der Waals surface area contributed by atoms with Crippen molar-refractivity contribution in [2.24, 2.45) is 11.8 Å². The summed E-state index contributed by atoms with van der Waals surface area (Å²) < 4.78 is 27.4. The molecule has 2 rings (SSSR count). The number of hydrogen-bond acceptors (Lipinski definition) is 3. The first-order valence-corrected chi connectivity index (χ1v) is 9.30. The number of hydrogen-bond donors (Lipinski definition) is 2. The number of piperidine rings is 1. The van der Waals surface area contributed by atoms with Gasteiger partial charge in [0, 0.05) is 6.54 Å². The summed E-state index contributed by atoms with van der Waals surface area (Å²) in [5, 5.41) is 3.33. The van der Waals surface area contributed by atoms with E-state index in [-0.39, 0.29) is 0 Å². The predicted molar refractivity (Wildman–Crippen MR) is 85.8 cm³/mol. The summed E-state index contributed by atoms with van der Waals surface area (Å²) in [6.07, 6.45) is 3.16. The molecule has 0 aromatic heterocycles. The highest BCUT2D eigenvalue weighted by molar-refractivity contribution is 7.89. The molecule has 4 nitrogen and oxygen atoms in total. The van der Waals surface area contributed by atoms with Gasteiger partial charge >= 0.3 is 0 Å². The average molecular weight is 310 g/mol. The van der Waals surface area contributed by atoms with E-state index in [1.807, 2.05) is 12.1 Å². The minimum Gasteiger partial charge on any atom is -0.316 e. The van der Waals surface area contributed by atoms with E-state index < -0.39 is 10.0 Å². The molecule has 0 bridgehead atoms. The molecular weight excluding hydrogens is 284 g/mol. The fraction of sp³-hybridized carbons (Fsp3) is 0.625. The van der Waals surface area contributed by atoms with Gasteiger partial charge in [0.15, 0.2) is 0 Å². The molecule has 1 aromatic carbocycles. The van der Waals surface area contributed by atoms with Crippen LogP contribution in [0, 0.1) is 11.8 Å². The van der Waals surface area contributed by atoms with E-state index in [0.717, 1.165) is 32.4 Å². The summed E-state index contributed by atoms with van der Waals surface area (Å²) in [6, 6.07) is 7.22. The normalized spacial score (nSPS) is 23.1. The van der Waals surface area contributed by atoms with E-state index in [4.69, 9.17) is 0 Å². The zero-order valence-electron chi connectivity index (χ0n) is 12.9. The van der Waals surface area contributed by atoms with Crippen molar-refractivity contribution in [2.75, 3.05) is 19.6 Å². The van der Waals surface area contributed by atoms with Crippen LogP contribution in [0.2, 0.25) is 0 Å². The molecule has 0 saturated carbocycles. The van der Waals surface area contributed by atoms with E-state index in [1.165, 1.54) is 5.56 Å². The first kappa shape index (κ1) is 16.5. The molecular formula is C16H26N2O2S. The Morgan fingerprint density at radius 1 is 1.29 bits per heavy atom. The first-order valence-electron chi connectivity index (χ1n) is 7.82. The van der Waals surface area contributed by atoms with E-state index in [1.54, 1.807) is 12.1 Å². The minimum atomic E-state index is -3.39. The highest BCUT2D eigenvalue weighted by Crippen LogP contribution is 2.18. The third-order valence-electron chi connectivity index (χ3n) is 4.30. The van der Waals surface area contributed by atoms with Crippen molar-refractivity contribution in [1.29, 1.82) is 0 Å². The maximum Gasteiger partial charge on any atom is 0.240 e. The smallest absolute Gasteiger partial charge is 0.240 e. The van der Waals surface area contributed by atoms with E-state index >= 15 is 0 Å². The van der Waals surface area contributed by atoms with Gasteiger partial charge in [0.1, 0.15) is 0 Å². The molecule has 1 aromatic rings. The molecule has 2 N–H and O–H groups in total. The van der Waals surface area contributed by atoms with E-state index in [9.17, 15) is 8.42 Å². The summed E-state index contributed by atoms with van der Waals surface area (Å²) in [5.74, 6) is 0.925. The number of aryl methyl sites for hydroxylation is 1. The van der Waals surface area contributed by atoms with Crippen LogP contribution in [-0.4, -0.2) is 28.1 Å². The molecule has 118 valence electrons. The maximum atomic E-state index is 12.3. The third-order valence-corrected chi connectivity index (χ3v) is 5.74. The van der Waals surface area contributed by atoms with Gasteiger partial charge in [-0.3, -0.25) is 0 Å². The molecule has 2 atom stereocenters. The molecule has 0 amide bonds. The van der Waals surface area contributed by atoms with E-state index in [0.29, 0.717) is 23.3 Å². The van der Waals surface area contributed by atoms with Gasteiger partial charge in [0.2, 0.25) is 10.0 Å². The highest BCUT2D eigenvalue weighted by atomic mass is 32.2. The summed E-state index contributed by atoms with van der Waals surface area (Å²) >= 11 is 0. The number of benzene rings is 1. The fourth-order valence-corrected chi connectivity index (χ4v) is 3.85. The monoisotopic (exact) mass is 310 g/mol. The molecule has 0 aliphatic carbocycles. The van der Waals surface area contributed by atoms with Crippen LogP contribution in [0.5, 0.6) is 0 Å². The van der Waals surface area contributed by atoms with Gasteiger partial charge in [-0.15, -0.1) is 0 Å². The van der Waals surface area contributed by atoms with Crippen LogP contribution < -0.4 is 10.0 Å². The second kappa shape index (κ2) is 7.38. The van der Waals surface area contributed by atoms with Crippen LogP contribution in [0.15, 0.2) is 29.2 Å². The maximum absolute atomic E-state index is 12.3. The summed E-state index contributed by atoms with van der Waals surface area (Å²) in [7, 11) is -3.39. The zero-order valence-corrected chi connectivity index (χ0v) is 13.7. The Bertz CT molecular complexity index is 540. The topological polar surface area (TPSA) is 58.2 Å². The van der Waals surface area contributed by atoms with Crippen LogP contribution >= 0.6 is 0 Å². The largest absolute Gasteiger partial charge is 0.316 e.